The van der Waals surface area contributed by atoms with E-state index in [1.807, 2.05) is 64.9 Å². The third kappa shape index (κ3) is 5.00. The standard InChI is InChI=1S/C24H26N4O4S2/c29-24(28-21(22-8-4-14-32-22)16-20(25-28)23-9-5-15-33-23)17-26-10-12-27(13-11-26)34(30,31)18-19-6-2-1-3-7-19/h1-9,14-15,21H,10-13,16-18H2. The van der Waals surface area contributed by atoms with Crippen LogP contribution in [-0.2, 0) is 20.6 Å². The number of rotatable bonds is 7. The van der Waals surface area contributed by atoms with E-state index in [0.29, 0.717) is 38.4 Å². The highest BCUT2D eigenvalue weighted by Crippen LogP contribution is 2.34. The Morgan fingerprint density at radius 1 is 1.03 bits per heavy atom. The number of hydrogen-bond donors (Lipinski definition) is 0. The Bertz CT molecular complexity index is 1230. The zero-order valence-electron chi connectivity index (χ0n) is 18.6. The van der Waals surface area contributed by atoms with Crippen molar-refractivity contribution >= 4 is 33.0 Å². The number of amides is 1. The van der Waals surface area contributed by atoms with Crippen molar-refractivity contribution in [1.82, 2.24) is 14.2 Å². The normalized spacial score (nSPS) is 19.9. The minimum atomic E-state index is -3.40. The first-order valence-electron chi connectivity index (χ1n) is 11.2. The van der Waals surface area contributed by atoms with Gasteiger partial charge in [-0.05, 0) is 29.1 Å². The summed E-state index contributed by atoms with van der Waals surface area (Å²) in [5, 5.41) is 8.18. The molecule has 1 amide bonds. The molecule has 0 saturated carbocycles. The van der Waals surface area contributed by atoms with Gasteiger partial charge < -0.3 is 4.42 Å². The number of carbonyl (C=O) groups excluding carboxylic acids is 1. The topological polar surface area (TPSA) is 86.4 Å². The van der Waals surface area contributed by atoms with Crippen molar-refractivity contribution in [1.29, 1.82) is 0 Å². The zero-order chi connectivity index (χ0) is 23.5. The molecule has 1 aromatic carbocycles. The molecule has 10 heteroatoms. The number of carbonyl (C=O) groups is 1. The van der Waals surface area contributed by atoms with Gasteiger partial charge in [-0.15, -0.1) is 11.3 Å². The highest BCUT2D eigenvalue weighted by Gasteiger charge is 2.36. The SMILES string of the molecule is O=C(CN1CCN(S(=O)(=O)Cc2ccccc2)CC1)N1N=C(c2cccs2)CC1c1ccco1. The van der Waals surface area contributed by atoms with Crippen molar-refractivity contribution in [2.75, 3.05) is 32.7 Å². The van der Waals surface area contributed by atoms with Crippen molar-refractivity contribution in [3.8, 4) is 0 Å². The van der Waals surface area contributed by atoms with Gasteiger partial charge in [0, 0.05) is 32.6 Å². The maximum absolute atomic E-state index is 13.3. The Kier molecular flexibility index (Phi) is 6.64. The molecule has 0 N–H and O–H groups in total. The van der Waals surface area contributed by atoms with Gasteiger partial charge in [0.1, 0.15) is 11.8 Å². The number of hydrogen-bond acceptors (Lipinski definition) is 7. The quantitative estimate of drug-likeness (QED) is 0.500. The Balaban J connectivity index is 1.22. The molecule has 2 aliphatic heterocycles. The van der Waals surface area contributed by atoms with E-state index in [4.69, 9.17) is 4.42 Å². The van der Waals surface area contributed by atoms with E-state index < -0.39 is 10.0 Å². The van der Waals surface area contributed by atoms with Gasteiger partial charge in [0.25, 0.3) is 5.91 Å². The lowest BCUT2D eigenvalue weighted by molar-refractivity contribution is -0.134. The molecule has 4 heterocycles. The summed E-state index contributed by atoms with van der Waals surface area (Å²) in [6.07, 6.45) is 2.21. The molecule has 1 unspecified atom stereocenters. The van der Waals surface area contributed by atoms with Crippen LogP contribution in [0.25, 0.3) is 0 Å². The predicted molar refractivity (Wildman–Crippen MR) is 131 cm³/mol. The summed E-state index contributed by atoms with van der Waals surface area (Å²) in [5.41, 5.74) is 1.65. The van der Waals surface area contributed by atoms with Crippen molar-refractivity contribution in [2.45, 2.75) is 18.2 Å². The maximum atomic E-state index is 13.3. The lowest BCUT2D eigenvalue weighted by Gasteiger charge is -2.34. The Morgan fingerprint density at radius 2 is 1.82 bits per heavy atom. The predicted octanol–water partition coefficient (Wildman–Crippen LogP) is 3.17. The molecule has 0 spiro atoms. The largest absolute Gasteiger partial charge is 0.467 e. The molecule has 8 nitrogen and oxygen atoms in total. The molecular formula is C24H26N4O4S2. The van der Waals surface area contributed by atoms with Crippen molar-refractivity contribution < 1.29 is 17.6 Å². The third-order valence-electron chi connectivity index (χ3n) is 6.12. The molecule has 1 fully saturated rings. The van der Waals surface area contributed by atoms with Crippen LogP contribution in [0.2, 0.25) is 0 Å². The number of furan rings is 1. The second kappa shape index (κ2) is 9.83. The lowest BCUT2D eigenvalue weighted by Crippen LogP contribution is -2.51. The Labute approximate surface area is 203 Å². The van der Waals surface area contributed by atoms with Crippen LogP contribution in [-0.4, -0.2) is 67.0 Å². The van der Waals surface area contributed by atoms with E-state index in [1.165, 1.54) is 9.31 Å². The molecule has 0 bridgehead atoms. The van der Waals surface area contributed by atoms with E-state index in [2.05, 4.69) is 5.10 Å². The van der Waals surface area contributed by atoms with Crippen molar-refractivity contribution in [2.24, 2.45) is 5.10 Å². The highest BCUT2D eigenvalue weighted by atomic mass is 32.2. The van der Waals surface area contributed by atoms with Gasteiger partial charge in [0.2, 0.25) is 10.0 Å². The van der Waals surface area contributed by atoms with Crippen molar-refractivity contribution in [3.05, 3.63) is 82.4 Å². The Hall–Kier alpha value is -2.79. The fourth-order valence-electron chi connectivity index (χ4n) is 4.34. The molecular weight excluding hydrogens is 472 g/mol. The number of benzene rings is 1. The van der Waals surface area contributed by atoms with Crippen molar-refractivity contribution in [3.63, 3.8) is 0 Å². The molecule has 178 valence electrons. The van der Waals surface area contributed by atoms with Crippen LogP contribution < -0.4 is 0 Å². The van der Waals surface area contributed by atoms with E-state index in [1.54, 1.807) is 17.6 Å². The van der Waals surface area contributed by atoms with Gasteiger partial charge in [-0.25, -0.2) is 13.4 Å². The molecule has 3 aromatic rings. The van der Waals surface area contributed by atoms with Gasteiger partial charge in [-0.3, -0.25) is 9.69 Å². The summed E-state index contributed by atoms with van der Waals surface area (Å²) in [4.78, 5) is 16.3. The number of nitrogens with zero attached hydrogens (tertiary/aromatic N) is 4. The fraction of sp³-hybridized carbons (Fsp3) is 0.333. The summed E-state index contributed by atoms with van der Waals surface area (Å²) in [5.74, 6) is 0.583. The summed E-state index contributed by atoms with van der Waals surface area (Å²) in [6, 6.07) is 16.6. The second-order valence-electron chi connectivity index (χ2n) is 8.41. The maximum Gasteiger partial charge on any atom is 0.257 e. The van der Waals surface area contributed by atoms with Crippen LogP contribution in [0.1, 0.15) is 28.7 Å². The monoisotopic (exact) mass is 498 g/mol. The van der Waals surface area contributed by atoms with Crippen LogP contribution in [0.15, 0.2) is 75.8 Å². The van der Waals surface area contributed by atoms with Gasteiger partial charge in [0.15, 0.2) is 0 Å². The molecule has 0 aliphatic carbocycles. The fourth-order valence-corrected chi connectivity index (χ4v) is 6.58. The minimum Gasteiger partial charge on any atom is -0.467 e. The van der Waals surface area contributed by atoms with E-state index >= 15 is 0 Å². The van der Waals surface area contributed by atoms with Gasteiger partial charge >= 0.3 is 0 Å². The van der Waals surface area contributed by atoms with Gasteiger partial charge in [0.05, 0.1) is 29.1 Å². The molecule has 0 radical (unpaired) electrons. The van der Waals surface area contributed by atoms with Crippen LogP contribution >= 0.6 is 11.3 Å². The van der Waals surface area contributed by atoms with E-state index in [9.17, 15) is 13.2 Å². The zero-order valence-corrected chi connectivity index (χ0v) is 20.2. The molecule has 5 rings (SSSR count). The van der Waals surface area contributed by atoms with Gasteiger partial charge in [-0.2, -0.15) is 9.41 Å². The van der Waals surface area contributed by atoms with Crippen LogP contribution in [0.3, 0.4) is 0 Å². The first-order chi connectivity index (χ1) is 16.5. The second-order valence-corrected chi connectivity index (χ2v) is 11.3. The average molecular weight is 499 g/mol. The minimum absolute atomic E-state index is 0.00835. The number of thiophene rings is 1. The number of hydrazone groups is 1. The Morgan fingerprint density at radius 3 is 2.50 bits per heavy atom. The molecule has 1 saturated heterocycles. The van der Waals surface area contributed by atoms with Crippen LogP contribution in [0.4, 0.5) is 0 Å². The van der Waals surface area contributed by atoms with Crippen LogP contribution in [0, 0.1) is 0 Å². The third-order valence-corrected chi connectivity index (χ3v) is 8.89. The molecule has 1 atom stereocenters. The summed E-state index contributed by atoms with van der Waals surface area (Å²) >= 11 is 1.60. The number of sulfonamides is 1. The van der Waals surface area contributed by atoms with Crippen LogP contribution in [0.5, 0.6) is 0 Å². The highest BCUT2D eigenvalue weighted by molar-refractivity contribution is 7.88. The average Bonchev–Trinajstić information content (AvgIpc) is 3.61. The van der Waals surface area contributed by atoms with Gasteiger partial charge in [-0.1, -0.05) is 36.4 Å². The van der Waals surface area contributed by atoms with E-state index in [-0.39, 0.29) is 24.2 Å². The molecule has 2 aromatic heterocycles. The molecule has 2 aliphatic rings. The summed E-state index contributed by atoms with van der Waals surface area (Å²) in [7, 11) is -3.40. The number of piperazine rings is 1. The lowest BCUT2D eigenvalue weighted by atomic mass is 10.1. The first-order valence-corrected chi connectivity index (χ1v) is 13.7. The first kappa shape index (κ1) is 23.0. The molecule has 34 heavy (non-hydrogen) atoms. The summed E-state index contributed by atoms with van der Waals surface area (Å²) in [6.45, 7) is 1.92. The van der Waals surface area contributed by atoms with E-state index in [0.717, 1.165) is 16.2 Å². The summed E-state index contributed by atoms with van der Waals surface area (Å²) < 4.78 is 32.8. The smallest absolute Gasteiger partial charge is 0.257 e.